The van der Waals surface area contributed by atoms with Gasteiger partial charge >= 0.3 is 0 Å². The number of thiazole rings is 1. The number of nitrogens with zero attached hydrogens (tertiary/aromatic N) is 2. The molecule has 2 heterocycles. The Morgan fingerprint density at radius 2 is 1.96 bits per heavy atom. The molecule has 1 aromatic heterocycles. The number of hydrogen-bond acceptors (Lipinski definition) is 4. The minimum atomic E-state index is -0.377. The quantitative estimate of drug-likeness (QED) is 0.839. The van der Waals surface area contributed by atoms with Crippen LogP contribution in [0.1, 0.15) is 71.4 Å². The minimum absolute atomic E-state index is 0.0157. The molecule has 3 aliphatic rings. The van der Waals surface area contributed by atoms with Crippen LogP contribution in [-0.4, -0.2) is 27.2 Å². The Bertz CT molecular complexity index is 908. The van der Waals surface area contributed by atoms with Gasteiger partial charge in [0.15, 0.2) is 5.13 Å². The van der Waals surface area contributed by atoms with Crippen LogP contribution in [0.4, 0.5) is 5.13 Å². The van der Waals surface area contributed by atoms with E-state index in [1.54, 1.807) is 11.3 Å². The molecule has 5 rings (SSSR count). The molecule has 1 saturated carbocycles. The minimum Gasteiger partial charge on any atom is -0.328 e. The van der Waals surface area contributed by atoms with E-state index in [1.807, 2.05) is 29.2 Å². The molecule has 1 N–H and O–H groups in total. The number of hydrogen-bond donors (Lipinski definition) is 1. The van der Waals surface area contributed by atoms with E-state index in [0.29, 0.717) is 13.0 Å². The predicted octanol–water partition coefficient (Wildman–Crippen LogP) is 4.32. The molecule has 1 aliphatic heterocycles. The van der Waals surface area contributed by atoms with Gasteiger partial charge in [-0.15, -0.1) is 11.3 Å². The molecule has 0 radical (unpaired) electrons. The molecule has 1 aromatic carbocycles. The first-order chi connectivity index (χ1) is 13.6. The number of rotatable bonds is 4. The van der Waals surface area contributed by atoms with Gasteiger partial charge in [-0.2, -0.15) is 0 Å². The lowest BCUT2D eigenvalue weighted by Crippen LogP contribution is -2.52. The van der Waals surface area contributed by atoms with Crippen molar-refractivity contribution in [2.75, 3.05) is 5.32 Å². The number of anilines is 1. The van der Waals surface area contributed by atoms with Gasteiger partial charge in [-0.05, 0) is 43.7 Å². The molecular formula is C22H25N3O2S. The summed E-state index contributed by atoms with van der Waals surface area (Å²) in [4.78, 5) is 34.0. The lowest BCUT2D eigenvalue weighted by atomic mass is 9.77. The Hall–Kier alpha value is -2.21. The second kappa shape index (κ2) is 6.99. The zero-order valence-electron chi connectivity index (χ0n) is 16.0. The number of fused-ring (bicyclic) bond motifs is 2. The summed E-state index contributed by atoms with van der Waals surface area (Å²) < 4.78 is 0. The summed E-state index contributed by atoms with van der Waals surface area (Å²) in [6, 6.07) is 7.84. The number of carbonyl (C=O) groups excluding carboxylic acids is 2. The number of benzene rings is 1. The summed E-state index contributed by atoms with van der Waals surface area (Å²) in [6.07, 6.45) is 8.73. The highest BCUT2D eigenvalue weighted by atomic mass is 32.1. The van der Waals surface area contributed by atoms with E-state index >= 15 is 0 Å². The van der Waals surface area contributed by atoms with E-state index in [4.69, 9.17) is 0 Å². The van der Waals surface area contributed by atoms with Crippen molar-refractivity contribution in [3.8, 4) is 0 Å². The summed E-state index contributed by atoms with van der Waals surface area (Å²) in [5.74, 6) is 0.0663. The first kappa shape index (κ1) is 17.9. The van der Waals surface area contributed by atoms with Crippen LogP contribution >= 0.6 is 11.3 Å². The molecule has 0 unspecified atom stereocenters. The monoisotopic (exact) mass is 395 g/mol. The summed E-state index contributed by atoms with van der Waals surface area (Å²) in [6.45, 7) is 0.619. The summed E-state index contributed by atoms with van der Waals surface area (Å²) in [7, 11) is 0. The van der Waals surface area contributed by atoms with Gasteiger partial charge in [0.05, 0.1) is 17.7 Å². The summed E-state index contributed by atoms with van der Waals surface area (Å²) in [5.41, 5.74) is 2.65. The molecule has 0 saturated heterocycles. The van der Waals surface area contributed by atoms with E-state index in [2.05, 4.69) is 10.3 Å². The zero-order valence-corrected chi connectivity index (χ0v) is 16.8. The Labute approximate surface area is 169 Å². The number of aryl methyl sites for hydroxylation is 2. The van der Waals surface area contributed by atoms with Crippen molar-refractivity contribution in [2.45, 2.75) is 69.9 Å². The van der Waals surface area contributed by atoms with Crippen molar-refractivity contribution in [1.29, 1.82) is 0 Å². The predicted molar refractivity (Wildman–Crippen MR) is 110 cm³/mol. The van der Waals surface area contributed by atoms with E-state index in [1.165, 1.54) is 17.7 Å². The molecule has 2 aromatic rings. The molecule has 146 valence electrons. The molecule has 0 atom stereocenters. The average molecular weight is 396 g/mol. The highest BCUT2D eigenvalue weighted by molar-refractivity contribution is 7.15. The molecule has 2 amide bonds. The molecule has 1 fully saturated rings. The van der Waals surface area contributed by atoms with Crippen LogP contribution in [0.3, 0.4) is 0 Å². The topological polar surface area (TPSA) is 62.3 Å². The fraction of sp³-hybridized carbons (Fsp3) is 0.500. The van der Waals surface area contributed by atoms with E-state index in [9.17, 15) is 9.59 Å². The Kier molecular flexibility index (Phi) is 4.46. The first-order valence-corrected chi connectivity index (χ1v) is 11.1. The third kappa shape index (κ3) is 3.04. The summed E-state index contributed by atoms with van der Waals surface area (Å²) >= 11 is 1.61. The maximum atomic E-state index is 13.1. The number of nitrogens with one attached hydrogen (secondary N) is 1. The third-order valence-corrected chi connectivity index (χ3v) is 7.58. The standard InChI is InChI=1S/C22H25N3O2S/c26-19(24-21-23-17-9-6-10-18(17)28-21)13-22(11-4-1-5-12-22)25-14-15-7-2-3-8-16(15)20(25)27/h2-3,7-8H,1,4-6,9-14H2,(H,23,24,26). The smallest absolute Gasteiger partial charge is 0.254 e. The second-order valence-electron chi connectivity index (χ2n) is 8.30. The van der Waals surface area contributed by atoms with Gasteiger partial charge in [-0.3, -0.25) is 9.59 Å². The highest BCUT2D eigenvalue weighted by Crippen LogP contribution is 2.41. The molecular weight excluding hydrogens is 370 g/mol. The molecule has 5 nitrogen and oxygen atoms in total. The molecule has 6 heteroatoms. The second-order valence-corrected chi connectivity index (χ2v) is 9.38. The van der Waals surface area contributed by atoms with Crippen LogP contribution in [-0.2, 0) is 24.2 Å². The zero-order chi connectivity index (χ0) is 19.1. The van der Waals surface area contributed by atoms with Gasteiger partial charge in [0, 0.05) is 17.0 Å². The Morgan fingerprint density at radius 1 is 1.14 bits per heavy atom. The van der Waals surface area contributed by atoms with Gasteiger partial charge in [-0.25, -0.2) is 4.98 Å². The number of amides is 2. The maximum Gasteiger partial charge on any atom is 0.254 e. The van der Waals surface area contributed by atoms with Crippen molar-refractivity contribution < 1.29 is 9.59 Å². The van der Waals surface area contributed by atoms with Crippen LogP contribution in [0.2, 0.25) is 0 Å². The van der Waals surface area contributed by atoms with Gasteiger partial charge in [0.25, 0.3) is 5.91 Å². The lowest BCUT2D eigenvalue weighted by Gasteiger charge is -2.44. The molecule has 0 bridgehead atoms. The Balaban J connectivity index is 1.36. The maximum absolute atomic E-state index is 13.1. The van der Waals surface area contributed by atoms with E-state index in [0.717, 1.165) is 60.5 Å². The highest BCUT2D eigenvalue weighted by Gasteiger charge is 2.45. The van der Waals surface area contributed by atoms with E-state index in [-0.39, 0.29) is 17.4 Å². The van der Waals surface area contributed by atoms with Gasteiger partial charge < -0.3 is 10.2 Å². The van der Waals surface area contributed by atoms with Crippen LogP contribution in [0.25, 0.3) is 0 Å². The van der Waals surface area contributed by atoms with Crippen molar-refractivity contribution >= 4 is 28.3 Å². The molecule has 2 aliphatic carbocycles. The third-order valence-electron chi connectivity index (χ3n) is 6.51. The van der Waals surface area contributed by atoms with Gasteiger partial charge in [0.2, 0.25) is 5.91 Å². The lowest BCUT2D eigenvalue weighted by molar-refractivity contribution is -0.119. The van der Waals surface area contributed by atoms with Crippen molar-refractivity contribution in [3.05, 3.63) is 46.0 Å². The van der Waals surface area contributed by atoms with Crippen LogP contribution in [0, 0.1) is 0 Å². The van der Waals surface area contributed by atoms with E-state index < -0.39 is 0 Å². The summed E-state index contributed by atoms with van der Waals surface area (Å²) in [5, 5.41) is 3.75. The average Bonchev–Trinajstić information content (AvgIpc) is 3.36. The largest absolute Gasteiger partial charge is 0.328 e. The van der Waals surface area contributed by atoms with Gasteiger partial charge in [-0.1, -0.05) is 37.5 Å². The van der Waals surface area contributed by atoms with Gasteiger partial charge in [0.1, 0.15) is 0 Å². The SMILES string of the molecule is O=C(CC1(N2Cc3ccccc3C2=O)CCCCC1)Nc1nc2c(s1)CCC2. The fourth-order valence-electron chi connectivity index (χ4n) is 5.10. The van der Waals surface area contributed by atoms with Crippen LogP contribution in [0.15, 0.2) is 24.3 Å². The number of aromatic nitrogens is 1. The number of carbonyl (C=O) groups is 2. The van der Waals surface area contributed by atoms with Crippen molar-refractivity contribution in [3.63, 3.8) is 0 Å². The Morgan fingerprint density at radius 3 is 2.75 bits per heavy atom. The van der Waals surface area contributed by atoms with Crippen molar-refractivity contribution in [2.24, 2.45) is 0 Å². The first-order valence-electron chi connectivity index (χ1n) is 10.3. The molecule has 28 heavy (non-hydrogen) atoms. The normalized spacial score (nSPS) is 20.1. The van der Waals surface area contributed by atoms with Crippen molar-refractivity contribution in [1.82, 2.24) is 9.88 Å². The van der Waals surface area contributed by atoms with Crippen LogP contribution < -0.4 is 5.32 Å². The fourth-order valence-corrected chi connectivity index (χ4v) is 6.16. The van der Waals surface area contributed by atoms with Crippen LogP contribution in [0.5, 0.6) is 0 Å². The molecule has 0 spiro atoms.